The summed E-state index contributed by atoms with van der Waals surface area (Å²) < 4.78 is 12.8. The molecule has 3 unspecified atom stereocenters. The summed E-state index contributed by atoms with van der Waals surface area (Å²) in [6.45, 7) is -0.0433. The van der Waals surface area contributed by atoms with Crippen molar-refractivity contribution in [1.29, 1.82) is 0 Å². The van der Waals surface area contributed by atoms with Gasteiger partial charge in [-0.25, -0.2) is 4.79 Å². The molecule has 0 spiro atoms. The molecule has 4 rings (SSSR count). The maximum Gasteiger partial charge on any atom is 0.335 e. The summed E-state index contributed by atoms with van der Waals surface area (Å²) >= 11 is 1.58. The fourth-order valence-electron chi connectivity index (χ4n) is 4.63. The van der Waals surface area contributed by atoms with E-state index in [1.165, 1.54) is 0 Å². The molecular formula is C32H35NO8S. The number of aliphatic hydroxyl groups is 1. The molecule has 1 fully saturated rings. The van der Waals surface area contributed by atoms with Crippen LogP contribution in [0.2, 0.25) is 0 Å². The Hall–Kier alpha value is -3.70. The molecule has 0 saturated carbocycles. The van der Waals surface area contributed by atoms with Crippen molar-refractivity contribution in [3.8, 4) is 0 Å². The van der Waals surface area contributed by atoms with E-state index in [4.69, 9.17) is 19.7 Å². The van der Waals surface area contributed by atoms with Crippen LogP contribution < -0.4 is 5.32 Å². The number of anilines is 1. The minimum atomic E-state index is -0.966. The van der Waals surface area contributed by atoms with Crippen LogP contribution in [0.3, 0.4) is 0 Å². The van der Waals surface area contributed by atoms with Crippen molar-refractivity contribution in [3.63, 3.8) is 0 Å². The fraction of sp³-hybridized carbons (Fsp3) is 0.344. The number of carboxylic acid groups (broad SMARTS) is 2. The lowest BCUT2D eigenvalue weighted by Gasteiger charge is -2.36. The van der Waals surface area contributed by atoms with Crippen molar-refractivity contribution >= 4 is 35.3 Å². The number of aliphatic carboxylic acids is 1. The molecule has 10 heteroatoms. The zero-order valence-corrected chi connectivity index (χ0v) is 23.9. The molecule has 4 N–H and O–H groups in total. The van der Waals surface area contributed by atoms with Gasteiger partial charge in [-0.3, -0.25) is 9.59 Å². The molecule has 222 valence electrons. The molecule has 1 saturated heterocycles. The van der Waals surface area contributed by atoms with Crippen LogP contribution in [0.25, 0.3) is 0 Å². The summed E-state index contributed by atoms with van der Waals surface area (Å²) in [5.41, 5.74) is 3.39. The lowest BCUT2D eigenvalue weighted by molar-refractivity contribution is -0.245. The van der Waals surface area contributed by atoms with E-state index in [1.807, 2.05) is 42.5 Å². The van der Waals surface area contributed by atoms with Crippen molar-refractivity contribution in [1.82, 2.24) is 0 Å². The number of hydrogen-bond donors (Lipinski definition) is 4. The second-order valence-electron chi connectivity index (χ2n) is 10.1. The van der Waals surface area contributed by atoms with Gasteiger partial charge < -0.3 is 30.1 Å². The van der Waals surface area contributed by atoms with Gasteiger partial charge in [-0.2, -0.15) is 0 Å². The number of carboxylic acids is 2. The molecule has 1 aliphatic heterocycles. The SMILES string of the molecule is O=C(O)CCCCCC(=O)Nc1cccc(C2OC(CSc3ccc(C(=O)O)cc3)CC(c3ccc(CO)cc3)O2)c1. The molecule has 9 nitrogen and oxygen atoms in total. The highest BCUT2D eigenvalue weighted by Gasteiger charge is 2.32. The maximum absolute atomic E-state index is 12.5. The number of unbranched alkanes of at least 4 members (excludes halogenated alkanes) is 2. The number of carbonyl (C=O) groups excluding carboxylic acids is 1. The van der Waals surface area contributed by atoms with Crippen LogP contribution in [-0.4, -0.2) is 45.0 Å². The number of carbonyl (C=O) groups is 3. The normalized spacial score (nSPS) is 18.4. The molecule has 0 aliphatic carbocycles. The third-order valence-corrected chi connectivity index (χ3v) is 8.03. The zero-order valence-electron chi connectivity index (χ0n) is 23.1. The van der Waals surface area contributed by atoms with E-state index < -0.39 is 18.2 Å². The Labute approximate surface area is 248 Å². The Balaban J connectivity index is 1.43. The maximum atomic E-state index is 12.5. The second-order valence-corrected chi connectivity index (χ2v) is 11.2. The van der Waals surface area contributed by atoms with Gasteiger partial charge in [-0.15, -0.1) is 11.8 Å². The number of ether oxygens (including phenoxy) is 2. The van der Waals surface area contributed by atoms with Gasteiger partial charge in [0.25, 0.3) is 0 Å². The van der Waals surface area contributed by atoms with E-state index in [-0.39, 0.29) is 36.7 Å². The topological polar surface area (TPSA) is 142 Å². The molecule has 1 amide bonds. The second kappa shape index (κ2) is 15.5. The summed E-state index contributed by atoms with van der Waals surface area (Å²) in [5.74, 6) is -1.32. The molecule has 0 bridgehead atoms. The molecule has 1 aliphatic rings. The van der Waals surface area contributed by atoms with Crippen LogP contribution in [0.4, 0.5) is 5.69 Å². The van der Waals surface area contributed by atoms with E-state index in [9.17, 15) is 19.5 Å². The number of thioether (sulfide) groups is 1. The Bertz CT molecular complexity index is 1350. The first-order chi connectivity index (χ1) is 20.3. The highest BCUT2D eigenvalue weighted by Crippen LogP contribution is 2.40. The Morgan fingerprint density at radius 3 is 2.29 bits per heavy atom. The molecule has 0 radical (unpaired) electrons. The highest BCUT2D eigenvalue weighted by atomic mass is 32.2. The standard InChI is InChI=1S/C32H35NO8S/c34-19-21-9-11-22(12-10-21)28-18-26(20-42-27-15-13-23(14-16-27)31(38)39)40-32(41-28)24-5-4-6-25(17-24)33-29(35)7-2-1-3-8-30(36)37/h4-6,9-17,26,28,32,34H,1-3,7-8,18-20H2,(H,33,35)(H,36,37)(H,38,39). The molecule has 0 aromatic heterocycles. The van der Waals surface area contributed by atoms with Gasteiger partial charge in [0.05, 0.1) is 24.4 Å². The van der Waals surface area contributed by atoms with Crippen LogP contribution in [0.5, 0.6) is 0 Å². The largest absolute Gasteiger partial charge is 0.481 e. The molecule has 3 aromatic rings. The monoisotopic (exact) mass is 593 g/mol. The predicted octanol–water partition coefficient (Wildman–Crippen LogP) is 6.19. The molecule has 42 heavy (non-hydrogen) atoms. The van der Waals surface area contributed by atoms with Gasteiger partial charge in [-0.05, 0) is 60.4 Å². The third kappa shape index (κ3) is 9.42. The highest BCUT2D eigenvalue weighted by molar-refractivity contribution is 7.99. The molecule has 3 atom stereocenters. The molecular weight excluding hydrogens is 558 g/mol. The molecule has 1 heterocycles. The van der Waals surface area contributed by atoms with Crippen molar-refractivity contribution in [2.24, 2.45) is 0 Å². The number of hydrogen-bond acceptors (Lipinski definition) is 7. The first kappa shape index (κ1) is 31.2. The van der Waals surface area contributed by atoms with E-state index in [1.54, 1.807) is 42.1 Å². The fourth-order valence-corrected chi connectivity index (χ4v) is 5.55. The van der Waals surface area contributed by atoms with Crippen LogP contribution >= 0.6 is 11.8 Å². The van der Waals surface area contributed by atoms with Gasteiger partial charge in [0, 0.05) is 41.2 Å². The number of aromatic carboxylic acids is 1. The smallest absolute Gasteiger partial charge is 0.335 e. The zero-order chi connectivity index (χ0) is 29.9. The van der Waals surface area contributed by atoms with E-state index in [2.05, 4.69) is 5.32 Å². The summed E-state index contributed by atoms with van der Waals surface area (Å²) in [6.07, 6.45) is 1.72. The van der Waals surface area contributed by atoms with Gasteiger partial charge in [-0.1, -0.05) is 42.8 Å². The van der Waals surface area contributed by atoms with Crippen molar-refractivity contribution in [3.05, 3.63) is 95.1 Å². The summed E-state index contributed by atoms with van der Waals surface area (Å²) in [4.78, 5) is 35.2. The Morgan fingerprint density at radius 1 is 0.857 bits per heavy atom. The predicted molar refractivity (Wildman–Crippen MR) is 158 cm³/mol. The van der Waals surface area contributed by atoms with E-state index >= 15 is 0 Å². The van der Waals surface area contributed by atoms with Crippen molar-refractivity contribution in [2.75, 3.05) is 11.1 Å². The lowest BCUT2D eigenvalue weighted by atomic mass is 10.0. The van der Waals surface area contributed by atoms with Crippen LogP contribution in [0.1, 0.15) is 78.0 Å². The first-order valence-electron chi connectivity index (χ1n) is 13.9. The van der Waals surface area contributed by atoms with Gasteiger partial charge in [0.15, 0.2) is 6.29 Å². The van der Waals surface area contributed by atoms with Crippen LogP contribution in [-0.2, 0) is 25.7 Å². The van der Waals surface area contributed by atoms with E-state index in [0.717, 1.165) is 21.6 Å². The Morgan fingerprint density at radius 2 is 1.60 bits per heavy atom. The number of benzene rings is 3. The van der Waals surface area contributed by atoms with Crippen LogP contribution in [0, 0.1) is 0 Å². The molecule has 3 aromatic carbocycles. The van der Waals surface area contributed by atoms with Gasteiger partial charge >= 0.3 is 11.9 Å². The van der Waals surface area contributed by atoms with Gasteiger partial charge in [0.2, 0.25) is 5.91 Å². The average Bonchev–Trinajstić information content (AvgIpc) is 3.00. The summed E-state index contributed by atoms with van der Waals surface area (Å²) in [5, 5.41) is 30.3. The minimum absolute atomic E-state index is 0.0433. The minimum Gasteiger partial charge on any atom is -0.481 e. The third-order valence-electron chi connectivity index (χ3n) is 6.89. The van der Waals surface area contributed by atoms with E-state index in [0.29, 0.717) is 43.5 Å². The number of aliphatic hydroxyl groups excluding tert-OH is 1. The average molecular weight is 594 g/mol. The van der Waals surface area contributed by atoms with Crippen molar-refractivity contribution < 1.29 is 39.2 Å². The number of nitrogens with one attached hydrogen (secondary N) is 1. The Kier molecular flexibility index (Phi) is 11.5. The van der Waals surface area contributed by atoms with Crippen molar-refractivity contribution in [2.45, 2.75) is 68.5 Å². The lowest BCUT2D eigenvalue weighted by Crippen LogP contribution is -2.31. The summed E-state index contributed by atoms with van der Waals surface area (Å²) in [7, 11) is 0. The quantitative estimate of drug-likeness (QED) is 0.127. The van der Waals surface area contributed by atoms with Gasteiger partial charge in [0.1, 0.15) is 0 Å². The number of rotatable bonds is 14. The first-order valence-corrected chi connectivity index (χ1v) is 14.9. The number of amides is 1. The summed E-state index contributed by atoms with van der Waals surface area (Å²) in [6, 6.07) is 21.7. The van der Waals surface area contributed by atoms with Crippen LogP contribution in [0.15, 0.2) is 77.7 Å².